The molecule has 1 rings (SSSR count). The second-order valence-electron chi connectivity index (χ2n) is 5.24. The van der Waals surface area contributed by atoms with E-state index in [1.165, 1.54) is 0 Å². The van der Waals surface area contributed by atoms with Gasteiger partial charge in [-0.05, 0) is 43.3 Å². The Morgan fingerprint density at radius 2 is 2.16 bits per heavy atom. The number of aromatic hydroxyl groups is 1. The van der Waals surface area contributed by atoms with Gasteiger partial charge in [-0.3, -0.25) is 0 Å². The van der Waals surface area contributed by atoms with Crippen molar-refractivity contribution in [2.24, 2.45) is 0 Å². The summed E-state index contributed by atoms with van der Waals surface area (Å²) in [5.74, 6) is 0.308. The molecule has 0 amide bonds. The molecule has 0 aromatic heterocycles. The lowest BCUT2D eigenvalue weighted by atomic mass is 9.72. The molecule has 0 radical (unpaired) electrons. The Morgan fingerprint density at radius 1 is 1.47 bits per heavy atom. The summed E-state index contributed by atoms with van der Waals surface area (Å²) >= 11 is 0. The van der Waals surface area contributed by atoms with Gasteiger partial charge in [-0.25, -0.2) is 0 Å². The molecule has 0 spiro atoms. The minimum Gasteiger partial charge on any atom is -0.508 e. The molecule has 0 saturated carbocycles. The largest absolute Gasteiger partial charge is 0.508 e. The highest BCUT2D eigenvalue weighted by molar-refractivity contribution is 5.57. The summed E-state index contributed by atoms with van der Waals surface area (Å²) in [6.07, 6.45) is 3.85. The molecule has 3 N–H and O–H groups in total. The Bertz CT molecular complexity index is 431. The van der Waals surface area contributed by atoms with Crippen LogP contribution in [-0.4, -0.2) is 18.2 Å². The second-order valence-corrected chi connectivity index (χ2v) is 5.24. The third kappa shape index (κ3) is 3.22. The normalized spacial score (nSPS) is 15.4. The fourth-order valence-electron chi connectivity index (χ4n) is 2.69. The van der Waals surface area contributed by atoms with E-state index in [1.807, 2.05) is 19.2 Å². The van der Waals surface area contributed by atoms with E-state index in [9.17, 15) is 5.11 Å². The van der Waals surface area contributed by atoms with Crippen LogP contribution < -0.4 is 10.6 Å². The van der Waals surface area contributed by atoms with Crippen LogP contribution in [0.1, 0.15) is 39.2 Å². The predicted octanol–water partition coefficient (Wildman–Crippen LogP) is 3.61. The van der Waals surface area contributed by atoms with E-state index in [4.69, 9.17) is 0 Å². The van der Waals surface area contributed by atoms with Gasteiger partial charge >= 0.3 is 0 Å². The highest BCUT2D eigenvalue weighted by atomic mass is 16.3. The molecule has 0 heterocycles. The van der Waals surface area contributed by atoms with Crippen molar-refractivity contribution in [2.75, 3.05) is 12.4 Å². The number of anilines is 1. The first-order valence-corrected chi connectivity index (χ1v) is 6.87. The second kappa shape index (κ2) is 6.50. The van der Waals surface area contributed by atoms with Crippen LogP contribution in [-0.2, 0) is 5.41 Å². The van der Waals surface area contributed by atoms with E-state index in [0.717, 1.165) is 24.1 Å². The molecule has 1 aromatic carbocycles. The predicted molar refractivity (Wildman–Crippen MR) is 82.7 cm³/mol. The highest BCUT2D eigenvalue weighted by Gasteiger charge is 2.34. The van der Waals surface area contributed by atoms with Gasteiger partial charge in [-0.2, -0.15) is 0 Å². The summed E-state index contributed by atoms with van der Waals surface area (Å²) < 4.78 is 0. The van der Waals surface area contributed by atoms with Crippen molar-refractivity contribution in [2.45, 2.75) is 45.1 Å². The summed E-state index contributed by atoms with van der Waals surface area (Å²) in [5.41, 5.74) is 2.13. The molecule has 106 valence electrons. The van der Waals surface area contributed by atoms with Crippen LogP contribution in [0.2, 0.25) is 0 Å². The summed E-state index contributed by atoms with van der Waals surface area (Å²) in [4.78, 5) is 0. The van der Waals surface area contributed by atoms with Crippen molar-refractivity contribution in [3.05, 3.63) is 36.5 Å². The van der Waals surface area contributed by atoms with E-state index in [2.05, 4.69) is 38.0 Å². The zero-order valence-corrected chi connectivity index (χ0v) is 12.5. The highest BCUT2D eigenvalue weighted by Crippen LogP contribution is 2.38. The van der Waals surface area contributed by atoms with Crippen molar-refractivity contribution in [3.8, 4) is 5.75 Å². The van der Waals surface area contributed by atoms with Crippen LogP contribution in [0.4, 0.5) is 5.69 Å². The average molecular weight is 262 g/mol. The number of rotatable bonds is 7. The Labute approximate surface area is 116 Å². The van der Waals surface area contributed by atoms with E-state index in [0.29, 0.717) is 5.75 Å². The third-order valence-corrected chi connectivity index (χ3v) is 3.98. The zero-order valence-electron chi connectivity index (χ0n) is 12.5. The molecule has 3 heteroatoms. The summed E-state index contributed by atoms with van der Waals surface area (Å²) in [5, 5.41) is 16.3. The molecule has 0 saturated heterocycles. The van der Waals surface area contributed by atoms with Crippen LogP contribution in [0.3, 0.4) is 0 Å². The maximum atomic E-state index is 9.81. The Balaban J connectivity index is 3.31. The molecule has 0 aliphatic rings. The van der Waals surface area contributed by atoms with Gasteiger partial charge in [0, 0.05) is 24.2 Å². The van der Waals surface area contributed by atoms with Gasteiger partial charge in [0.15, 0.2) is 0 Å². The zero-order chi connectivity index (χ0) is 14.5. The summed E-state index contributed by atoms with van der Waals surface area (Å²) in [6.45, 7) is 10.3. The van der Waals surface area contributed by atoms with E-state index in [1.54, 1.807) is 12.3 Å². The van der Waals surface area contributed by atoms with Crippen LogP contribution in [0.5, 0.6) is 5.75 Å². The minimum atomic E-state index is -0.0694. The summed E-state index contributed by atoms with van der Waals surface area (Å²) in [6, 6.07) is 5.74. The molecular weight excluding hydrogens is 236 g/mol. The lowest BCUT2D eigenvalue weighted by Gasteiger charge is -2.38. The molecule has 0 bridgehead atoms. The monoisotopic (exact) mass is 262 g/mol. The molecule has 3 nitrogen and oxygen atoms in total. The quantitative estimate of drug-likeness (QED) is 0.658. The fraction of sp³-hybridized carbons (Fsp3) is 0.500. The van der Waals surface area contributed by atoms with Crippen LogP contribution >= 0.6 is 0 Å². The average Bonchev–Trinajstić information content (AvgIpc) is 2.39. The standard InChI is InChI=1S/C16H26N2O/c1-6-10-16(4,12(3)18-7-2)14-11-13(19)8-9-15(14)17-5/h7-9,11-12,17-19H,2,6,10H2,1,3-5H3. The van der Waals surface area contributed by atoms with Gasteiger partial charge < -0.3 is 15.7 Å². The molecule has 19 heavy (non-hydrogen) atoms. The smallest absolute Gasteiger partial charge is 0.116 e. The van der Waals surface area contributed by atoms with Crippen molar-refractivity contribution in [3.63, 3.8) is 0 Å². The van der Waals surface area contributed by atoms with E-state index >= 15 is 0 Å². The van der Waals surface area contributed by atoms with Gasteiger partial charge in [0.25, 0.3) is 0 Å². The topological polar surface area (TPSA) is 44.3 Å². The maximum Gasteiger partial charge on any atom is 0.116 e. The minimum absolute atomic E-state index is 0.0694. The molecule has 2 unspecified atom stereocenters. The SMILES string of the molecule is C=CNC(C)C(C)(CCC)c1cc(O)ccc1NC. The molecular formula is C16H26N2O. The lowest BCUT2D eigenvalue weighted by molar-refractivity contribution is 0.332. The van der Waals surface area contributed by atoms with Gasteiger partial charge in [-0.1, -0.05) is 26.8 Å². The summed E-state index contributed by atoms with van der Waals surface area (Å²) in [7, 11) is 1.91. The van der Waals surface area contributed by atoms with Crippen molar-refractivity contribution >= 4 is 5.69 Å². The van der Waals surface area contributed by atoms with E-state index < -0.39 is 0 Å². The Hall–Kier alpha value is -1.64. The number of benzene rings is 1. The van der Waals surface area contributed by atoms with Crippen LogP contribution in [0.25, 0.3) is 0 Å². The molecule has 0 fully saturated rings. The Kier molecular flexibility index (Phi) is 5.28. The number of phenolic OH excluding ortho intramolecular Hbond substituents is 1. The van der Waals surface area contributed by atoms with Gasteiger partial charge in [0.05, 0.1) is 0 Å². The third-order valence-electron chi connectivity index (χ3n) is 3.98. The number of hydrogen-bond donors (Lipinski definition) is 3. The fourth-order valence-corrected chi connectivity index (χ4v) is 2.69. The maximum absolute atomic E-state index is 9.81. The van der Waals surface area contributed by atoms with Gasteiger partial charge in [-0.15, -0.1) is 0 Å². The van der Waals surface area contributed by atoms with Crippen molar-refractivity contribution < 1.29 is 5.11 Å². The molecule has 2 atom stereocenters. The van der Waals surface area contributed by atoms with Gasteiger partial charge in [0.2, 0.25) is 0 Å². The van der Waals surface area contributed by atoms with Crippen LogP contribution in [0, 0.1) is 0 Å². The number of phenols is 1. The van der Waals surface area contributed by atoms with Crippen molar-refractivity contribution in [1.29, 1.82) is 0 Å². The first-order chi connectivity index (χ1) is 8.99. The lowest BCUT2D eigenvalue weighted by Crippen LogP contribution is -2.42. The van der Waals surface area contributed by atoms with E-state index in [-0.39, 0.29) is 11.5 Å². The van der Waals surface area contributed by atoms with Crippen molar-refractivity contribution in [1.82, 2.24) is 5.32 Å². The molecule has 0 aliphatic heterocycles. The Morgan fingerprint density at radius 3 is 2.68 bits per heavy atom. The molecule has 0 aliphatic carbocycles. The van der Waals surface area contributed by atoms with Crippen LogP contribution in [0.15, 0.2) is 31.0 Å². The first-order valence-electron chi connectivity index (χ1n) is 6.87. The number of nitrogens with one attached hydrogen (secondary N) is 2. The molecule has 1 aromatic rings. The first kappa shape index (κ1) is 15.4. The number of hydrogen-bond acceptors (Lipinski definition) is 3. The van der Waals surface area contributed by atoms with Gasteiger partial charge in [0.1, 0.15) is 5.75 Å².